The number of hydrogen-bond donors (Lipinski definition) is 2. The van der Waals surface area contributed by atoms with Crippen LogP contribution in [0.25, 0.3) is 0 Å². The Hall–Kier alpha value is -1.75. The Kier molecular flexibility index (Phi) is 4.49. The van der Waals surface area contributed by atoms with Crippen molar-refractivity contribution in [1.82, 2.24) is 0 Å². The summed E-state index contributed by atoms with van der Waals surface area (Å²) in [5.74, 6) is -0.884. The number of phenolic OH excluding ortho intramolecular Hbond substituents is 2. The molecule has 110 valence electrons. The van der Waals surface area contributed by atoms with Crippen LogP contribution in [0.5, 0.6) is 11.5 Å². The lowest BCUT2D eigenvalue weighted by molar-refractivity contribution is -0.914. The summed E-state index contributed by atoms with van der Waals surface area (Å²) in [7, 11) is 2.19. The summed E-state index contributed by atoms with van der Waals surface area (Å²) in [4.78, 5) is 11.9. The van der Waals surface area contributed by atoms with Crippen molar-refractivity contribution in [3.8, 4) is 11.5 Å². The topological polar surface area (TPSA) is 66.8 Å². The van der Waals surface area contributed by atoms with E-state index < -0.39 is 5.97 Å². The zero-order valence-electron chi connectivity index (χ0n) is 11.8. The molecule has 0 radical (unpaired) electrons. The monoisotopic (exact) mass is 280 g/mol. The van der Waals surface area contributed by atoms with Gasteiger partial charge in [-0.1, -0.05) is 0 Å². The fourth-order valence-corrected chi connectivity index (χ4v) is 2.63. The van der Waals surface area contributed by atoms with Gasteiger partial charge in [0, 0.05) is 6.07 Å². The zero-order chi connectivity index (χ0) is 14.6. The summed E-state index contributed by atoms with van der Waals surface area (Å²) < 4.78 is 6.16. The number of likely N-dealkylation sites (N-methyl/N-ethyl adjacent to an activating group) is 1. The highest BCUT2D eigenvalue weighted by atomic mass is 16.5. The Morgan fingerprint density at radius 2 is 1.95 bits per heavy atom. The van der Waals surface area contributed by atoms with Gasteiger partial charge >= 0.3 is 5.97 Å². The van der Waals surface area contributed by atoms with Crippen LogP contribution in [0.1, 0.15) is 29.6 Å². The third-order valence-corrected chi connectivity index (χ3v) is 3.96. The number of carbonyl (C=O) groups excluding carboxylic acids is 1. The number of ether oxygens (including phenoxy) is 1. The normalized spacial score (nSPS) is 17.6. The molecule has 1 aromatic rings. The Labute approximate surface area is 119 Å². The standard InChI is InChI=1S/C15H21NO4/c1-16(7-3-2-4-8-16)9-10-20-15(19)13-6-5-12(17)11-14(13)18/h5-6,11H,2-4,7-10H2,1H3,(H-,17,18,19)/p+1. The summed E-state index contributed by atoms with van der Waals surface area (Å²) in [5, 5.41) is 18.8. The summed E-state index contributed by atoms with van der Waals surface area (Å²) in [6.45, 7) is 3.39. The second kappa shape index (κ2) is 6.13. The highest BCUT2D eigenvalue weighted by Gasteiger charge is 2.25. The van der Waals surface area contributed by atoms with Gasteiger partial charge in [-0.05, 0) is 31.4 Å². The first-order valence-corrected chi connectivity index (χ1v) is 7.03. The molecule has 1 aromatic carbocycles. The van der Waals surface area contributed by atoms with Gasteiger partial charge in [-0.3, -0.25) is 0 Å². The van der Waals surface area contributed by atoms with Crippen LogP contribution in [0.4, 0.5) is 0 Å². The maximum Gasteiger partial charge on any atom is 0.342 e. The van der Waals surface area contributed by atoms with E-state index in [0.717, 1.165) is 30.2 Å². The lowest BCUT2D eigenvalue weighted by Crippen LogP contribution is -2.49. The minimum absolute atomic E-state index is 0.0783. The lowest BCUT2D eigenvalue weighted by Gasteiger charge is -2.37. The van der Waals surface area contributed by atoms with Crippen molar-refractivity contribution < 1.29 is 24.2 Å². The fraction of sp³-hybridized carbons (Fsp3) is 0.533. The molecule has 0 unspecified atom stereocenters. The molecule has 5 heteroatoms. The molecular weight excluding hydrogens is 258 g/mol. The molecule has 0 spiro atoms. The van der Waals surface area contributed by atoms with Gasteiger partial charge in [0.25, 0.3) is 0 Å². The first kappa shape index (κ1) is 14.7. The minimum Gasteiger partial charge on any atom is -0.508 e. The van der Waals surface area contributed by atoms with Crippen LogP contribution in [0.2, 0.25) is 0 Å². The quantitative estimate of drug-likeness (QED) is 0.653. The van der Waals surface area contributed by atoms with Crippen molar-refractivity contribution in [2.75, 3.05) is 33.3 Å². The van der Waals surface area contributed by atoms with E-state index in [0.29, 0.717) is 6.61 Å². The van der Waals surface area contributed by atoms with Gasteiger partial charge in [-0.15, -0.1) is 0 Å². The maximum atomic E-state index is 11.9. The number of carbonyl (C=O) groups is 1. The molecule has 0 aromatic heterocycles. The predicted molar refractivity (Wildman–Crippen MR) is 74.7 cm³/mol. The summed E-state index contributed by atoms with van der Waals surface area (Å²) >= 11 is 0. The number of phenols is 2. The molecule has 1 aliphatic rings. The van der Waals surface area contributed by atoms with E-state index in [2.05, 4.69) is 7.05 Å². The number of esters is 1. The smallest absolute Gasteiger partial charge is 0.342 e. The van der Waals surface area contributed by atoms with E-state index in [1.165, 1.54) is 31.4 Å². The molecule has 0 aliphatic carbocycles. The van der Waals surface area contributed by atoms with Crippen molar-refractivity contribution in [2.45, 2.75) is 19.3 Å². The van der Waals surface area contributed by atoms with E-state index >= 15 is 0 Å². The number of benzene rings is 1. The molecule has 1 saturated heterocycles. The van der Waals surface area contributed by atoms with Crippen molar-refractivity contribution in [3.05, 3.63) is 23.8 Å². The van der Waals surface area contributed by atoms with Crippen LogP contribution in [0.15, 0.2) is 18.2 Å². The Morgan fingerprint density at radius 1 is 1.25 bits per heavy atom. The second-order valence-electron chi connectivity index (χ2n) is 5.69. The van der Waals surface area contributed by atoms with Crippen LogP contribution in [-0.4, -0.2) is 54.0 Å². The van der Waals surface area contributed by atoms with Crippen molar-refractivity contribution >= 4 is 5.97 Å². The minimum atomic E-state index is -0.550. The highest BCUT2D eigenvalue weighted by molar-refractivity contribution is 5.92. The third kappa shape index (κ3) is 3.63. The number of rotatable bonds is 4. The maximum absolute atomic E-state index is 11.9. The second-order valence-corrected chi connectivity index (χ2v) is 5.69. The molecule has 0 amide bonds. The SMILES string of the molecule is C[N+]1(CCOC(=O)c2ccc(O)cc2O)CCCCC1. The number of piperidine rings is 1. The summed E-state index contributed by atoms with van der Waals surface area (Å²) in [6.07, 6.45) is 3.74. The Balaban J connectivity index is 1.86. The van der Waals surface area contributed by atoms with Gasteiger partial charge in [-0.2, -0.15) is 0 Å². The Bertz CT molecular complexity index is 481. The van der Waals surface area contributed by atoms with E-state index in [1.54, 1.807) is 0 Å². The van der Waals surface area contributed by atoms with Crippen molar-refractivity contribution in [2.24, 2.45) is 0 Å². The molecule has 1 aliphatic heterocycles. The molecule has 0 saturated carbocycles. The van der Waals surface area contributed by atoms with Crippen LogP contribution in [0.3, 0.4) is 0 Å². The molecule has 20 heavy (non-hydrogen) atoms. The number of aromatic hydroxyl groups is 2. The van der Waals surface area contributed by atoms with E-state index in [9.17, 15) is 15.0 Å². The largest absolute Gasteiger partial charge is 0.508 e. The van der Waals surface area contributed by atoms with Crippen LogP contribution in [-0.2, 0) is 4.74 Å². The first-order chi connectivity index (χ1) is 9.50. The molecule has 2 rings (SSSR count). The number of quaternary nitrogens is 1. The zero-order valence-corrected chi connectivity index (χ0v) is 11.8. The first-order valence-electron chi connectivity index (χ1n) is 7.03. The van der Waals surface area contributed by atoms with Gasteiger partial charge in [-0.25, -0.2) is 4.79 Å². The molecule has 1 heterocycles. The molecule has 2 N–H and O–H groups in total. The van der Waals surface area contributed by atoms with E-state index in [4.69, 9.17) is 4.74 Å². The molecule has 5 nitrogen and oxygen atoms in total. The molecule has 0 bridgehead atoms. The average Bonchev–Trinajstić information content (AvgIpc) is 2.39. The van der Waals surface area contributed by atoms with Crippen LogP contribution < -0.4 is 0 Å². The number of likely N-dealkylation sites (tertiary alicyclic amines) is 1. The van der Waals surface area contributed by atoms with Gasteiger partial charge in [0.05, 0.1) is 20.1 Å². The summed E-state index contributed by atoms with van der Waals surface area (Å²) in [6, 6.07) is 3.86. The number of nitrogens with zero attached hydrogens (tertiary/aromatic N) is 1. The predicted octanol–water partition coefficient (Wildman–Crippen LogP) is 1.89. The van der Waals surface area contributed by atoms with E-state index in [-0.39, 0.29) is 17.1 Å². The van der Waals surface area contributed by atoms with Gasteiger partial charge in [0.2, 0.25) is 0 Å². The molecule has 0 atom stereocenters. The lowest BCUT2D eigenvalue weighted by atomic mass is 10.1. The van der Waals surface area contributed by atoms with Crippen molar-refractivity contribution in [3.63, 3.8) is 0 Å². The average molecular weight is 280 g/mol. The Morgan fingerprint density at radius 3 is 2.60 bits per heavy atom. The highest BCUT2D eigenvalue weighted by Crippen LogP contribution is 2.23. The van der Waals surface area contributed by atoms with Crippen molar-refractivity contribution in [1.29, 1.82) is 0 Å². The van der Waals surface area contributed by atoms with E-state index in [1.807, 2.05) is 0 Å². The van der Waals surface area contributed by atoms with Crippen LogP contribution in [0, 0.1) is 0 Å². The van der Waals surface area contributed by atoms with Gasteiger partial charge in [0.15, 0.2) is 0 Å². The third-order valence-electron chi connectivity index (χ3n) is 3.96. The molecular formula is C15H22NO4+. The fourth-order valence-electron chi connectivity index (χ4n) is 2.63. The number of hydrogen-bond acceptors (Lipinski definition) is 4. The molecule has 1 fully saturated rings. The summed E-state index contributed by atoms with van der Waals surface area (Å²) in [5.41, 5.74) is 0.0871. The van der Waals surface area contributed by atoms with Gasteiger partial charge in [0.1, 0.15) is 30.2 Å². The van der Waals surface area contributed by atoms with Gasteiger partial charge < -0.3 is 19.4 Å². The van der Waals surface area contributed by atoms with Crippen LogP contribution >= 0.6 is 0 Å².